The molecule has 12 nitrogen and oxygen atoms in total. The van der Waals surface area contributed by atoms with Crippen molar-refractivity contribution in [2.75, 3.05) is 6.61 Å². The van der Waals surface area contributed by atoms with Gasteiger partial charge in [-0.1, -0.05) is 18.2 Å². The highest BCUT2D eigenvalue weighted by atomic mass is 16.7. The molecule has 0 aliphatic carbocycles. The van der Waals surface area contributed by atoms with Crippen molar-refractivity contribution in [2.24, 2.45) is 0 Å². The largest absolute Gasteiger partial charge is 0.508 e. The highest BCUT2D eigenvalue weighted by Crippen LogP contribution is 2.37. The van der Waals surface area contributed by atoms with Crippen molar-refractivity contribution >= 4 is 16.9 Å². The fourth-order valence-electron chi connectivity index (χ4n) is 4.26. The van der Waals surface area contributed by atoms with E-state index >= 15 is 0 Å². The Morgan fingerprint density at radius 3 is 2.25 bits per heavy atom. The van der Waals surface area contributed by atoms with Crippen LogP contribution in [-0.4, -0.2) is 73.9 Å². The van der Waals surface area contributed by atoms with Gasteiger partial charge in [0.15, 0.2) is 5.76 Å². The number of ether oxygens (including phenoxy) is 3. The average Bonchev–Trinajstić information content (AvgIpc) is 2.94. The molecule has 1 aliphatic rings. The number of aliphatic hydroxyl groups excluding tert-OH is 3. The van der Waals surface area contributed by atoms with Gasteiger partial charge in [0.2, 0.25) is 17.5 Å². The first-order valence-corrected chi connectivity index (χ1v) is 12.0. The predicted octanol–water partition coefficient (Wildman–Crippen LogP) is 1.62. The van der Waals surface area contributed by atoms with E-state index in [1.54, 1.807) is 18.2 Å². The van der Waals surface area contributed by atoms with Gasteiger partial charge < -0.3 is 49.3 Å². The molecular weight excluding hydrogens is 528 g/mol. The van der Waals surface area contributed by atoms with Gasteiger partial charge in [-0.2, -0.15) is 0 Å². The van der Waals surface area contributed by atoms with Crippen LogP contribution < -0.4 is 10.2 Å². The standard InChI is InChI=1S/C28H24O12/c29-15-8-6-13(7-9-15)25-26(22(33)20-17(31)10-16(30)11-18(20)38-25)40-28-24(35)23(34)21(32)19(39-28)12-37-27(36)14-4-2-1-3-5-14/h1-11,19,21,23-24,28-32,34-35H,12H2. The molecule has 1 saturated heterocycles. The van der Waals surface area contributed by atoms with E-state index in [0.717, 1.165) is 12.1 Å². The molecule has 5 rings (SSSR count). The van der Waals surface area contributed by atoms with Gasteiger partial charge in [0, 0.05) is 17.7 Å². The summed E-state index contributed by atoms with van der Waals surface area (Å²) in [5, 5.41) is 61.1. The first kappa shape index (κ1) is 27.0. The lowest BCUT2D eigenvalue weighted by atomic mass is 9.99. The van der Waals surface area contributed by atoms with Gasteiger partial charge in [-0.05, 0) is 36.4 Å². The smallest absolute Gasteiger partial charge is 0.338 e. The molecule has 1 aliphatic heterocycles. The molecule has 0 radical (unpaired) electrons. The molecular formula is C28H24O12. The number of benzene rings is 3. The average molecular weight is 552 g/mol. The fourth-order valence-corrected chi connectivity index (χ4v) is 4.26. The maximum absolute atomic E-state index is 13.5. The SMILES string of the molecule is O=C(OCC1OC(Oc2c(-c3ccc(O)cc3)oc3cc(O)cc(O)c3c2=O)C(O)C(O)C1O)c1ccccc1. The van der Waals surface area contributed by atoms with E-state index in [1.165, 1.54) is 36.4 Å². The van der Waals surface area contributed by atoms with Crippen LogP contribution >= 0.6 is 0 Å². The number of carbonyl (C=O) groups excluding carboxylic acids is 1. The van der Waals surface area contributed by atoms with E-state index in [0.29, 0.717) is 0 Å². The molecule has 1 fully saturated rings. The lowest BCUT2D eigenvalue weighted by Crippen LogP contribution is -2.60. The zero-order valence-electron chi connectivity index (χ0n) is 20.6. The molecule has 0 saturated carbocycles. The van der Waals surface area contributed by atoms with Crippen LogP contribution in [0, 0.1) is 0 Å². The van der Waals surface area contributed by atoms with E-state index < -0.39 is 60.2 Å². The van der Waals surface area contributed by atoms with E-state index in [-0.39, 0.29) is 39.4 Å². The quantitative estimate of drug-likeness (QED) is 0.189. The molecule has 5 atom stereocenters. The van der Waals surface area contributed by atoms with Crippen LogP contribution in [0.25, 0.3) is 22.3 Å². The van der Waals surface area contributed by atoms with Crippen molar-refractivity contribution in [1.82, 2.24) is 0 Å². The van der Waals surface area contributed by atoms with Gasteiger partial charge in [-0.3, -0.25) is 4.79 Å². The predicted molar refractivity (Wildman–Crippen MR) is 137 cm³/mol. The molecule has 40 heavy (non-hydrogen) atoms. The highest BCUT2D eigenvalue weighted by Gasteiger charge is 2.46. The third-order valence-electron chi connectivity index (χ3n) is 6.34. The molecule has 2 heterocycles. The van der Waals surface area contributed by atoms with Gasteiger partial charge in [0.25, 0.3) is 0 Å². The first-order chi connectivity index (χ1) is 19.1. The number of phenolic OH excluding ortho intramolecular Hbond substituents is 3. The zero-order valence-corrected chi connectivity index (χ0v) is 20.6. The Labute approximate surface area is 225 Å². The van der Waals surface area contributed by atoms with Crippen LogP contribution in [0.15, 0.2) is 75.9 Å². The summed E-state index contributed by atoms with van der Waals surface area (Å²) in [6.07, 6.45) is -8.52. The molecule has 0 bridgehead atoms. The summed E-state index contributed by atoms with van der Waals surface area (Å²) >= 11 is 0. The number of esters is 1. The van der Waals surface area contributed by atoms with Crippen LogP contribution in [0.1, 0.15) is 10.4 Å². The second-order valence-electron chi connectivity index (χ2n) is 9.07. The van der Waals surface area contributed by atoms with Gasteiger partial charge in [-0.25, -0.2) is 4.79 Å². The Bertz CT molecular complexity index is 1580. The van der Waals surface area contributed by atoms with E-state index in [4.69, 9.17) is 18.6 Å². The second-order valence-corrected chi connectivity index (χ2v) is 9.07. The van der Waals surface area contributed by atoms with Gasteiger partial charge in [0.1, 0.15) is 59.2 Å². The van der Waals surface area contributed by atoms with Crippen LogP contribution in [0.4, 0.5) is 0 Å². The van der Waals surface area contributed by atoms with Crippen LogP contribution in [0.5, 0.6) is 23.0 Å². The molecule has 4 aromatic rings. The summed E-state index contributed by atoms with van der Waals surface area (Å²) < 4.78 is 22.3. The van der Waals surface area contributed by atoms with Crippen molar-refractivity contribution in [3.63, 3.8) is 0 Å². The molecule has 5 unspecified atom stereocenters. The van der Waals surface area contributed by atoms with Crippen molar-refractivity contribution in [3.8, 4) is 34.3 Å². The number of fused-ring (bicyclic) bond motifs is 1. The maximum Gasteiger partial charge on any atom is 0.338 e. The molecule has 12 heteroatoms. The molecule has 6 N–H and O–H groups in total. The summed E-state index contributed by atoms with van der Waals surface area (Å²) in [6.45, 7) is -0.532. The fraction of sp³-hybridized carbons (Fsp3) is 0.214. The highest BCUT2D eigenvalue weighted by molar-refractivity contribution is 5.89. The van der Waals surface area contributed by atoms with E-state index in [9.17, 15) is 40.2 Å². The Morgan fingerprint density at radius 2 is 1.55 bits per heavy atom. The monoisotopic (exact) mass is 552 g/mol. The van der Waals surface area contributed by atoms with Crippen molar-refractivity contribution in [3.05, 3.63) is 82.5 Å². The summed E-state index contributed by atoms with van der Waals surface area (Å²) in [5.41, 5.74) is -0.636. The topological polar surface area (TPSA) is 196 Å². The van der Waals surface area contributed by atoms with Gasteiger partial charge in [0.05, 0.1) is 5.56 Å². The molecule has 1 aromatic heterocycles. The normalized spacial score (nSPS) is 22.6. The number of aliphatic hydroxyl groups is 3. The third kappa shape index (κ3) is 5.16. The summed E-state index contributed by atoms with van der Waals surface area (Å²) in [5.74, 6) is -2.57. The van der Waals surface area contributed by atoms with Crippen molar-refractivity contribution in [2.45, 2.75) is 30.7 Å². The molecule has 0 spiro atoms. The number of hydrogen-bond acceptors (Lipinski definition) is 12. The van der Waals surface area contributed by atoms with Crippen LogP contribution in [0.3, 0.4) is 0 Å². The Morgan fingerprint density at radius 1 is 0.850 bits per heavy atom. The maximum atomic E-state index is 13.5. The van der Waals surface area contributed by atoms with Gasteiger partial charge >= 0.3 is 5.97 Å². The van der Waals surface area contributed by atoms with Crippen LogP contribution in [0.2, 0.25) is 0 Å². The Balaban J connectivity index is 1.49. The Kier molecular flexibility index (Phi) is 7.32. The van der Waals surface area contributed by atoms with Crippen molar-refractivity contribution < 1.29 is 54.1 Å². The summed E-state index contributed by atoms with van der Waals surface area (Å²) in [7, 11) is 0. The third-order valence-corrected chi connectivity index (χ3v) is 6.34. The minimum Gasteiger partial charge on any atom is -0.508 e. The zero-order chi connectivity index (χ0) is 28.6. The minimum absolute atomic E-state index is 0.0827. The van der Waals surface area contributed by atoms with Crippen LogP contribution in [-0.2, 0) is 9.47 Å². The molecule has 0 amide bonds. The van der Waals surface area contributed by atoms with Gasteiger partial charge in [-0.15, -0.1) is 0 Å². The number of aromatic hydroxyl groups is 3. The minimum atomic E-state index is -1.87. The molecule has 208 valence electrons. The van der Waals surface area contributed by atoms with E-state index in [1.807, 2.05) is 0 Å². The first-order valence-electron chi connectivity index (χ1n) is 12.0. The second kappa shape index (κ2) is 10.9. The number of hydrogen-bond donors (Lipinski definition) is 6. The number of carbonyl (C=O) groups is 1. The Hall–Kier alpha value is -4.62. The lowest BCUT2D eigenvalue weighted by molar-refractivity contribution is -0.277. The summed E-state index contributed by atoms with van der Waals surface area (Å²) in [4.78, 5) is 25.9. The molecule has 3 aromatic carbocycles. The number of rotatable bonds is 6. The van der Waals surface area contributed by atoms with E-state index in [2.05, 4.69) is 0 Å². The van der Waals surface area contributed by atoms with Crippen molar-refractivity contribution in [1.29, 1.82) is 0 Å². The summed E-state index contributed by atoms with van der Waals surface area (Å²) in [6, 6.07) is 15.5. The lowest BCUT2D eigenvalue weighted by Gasteiger charge is -2.39. The number of phenols is 3.